The number of carbonyl (C=O) groups excluding carboxylic acids is 2. The lowest BCUT2D eigenvalue weighted by molar-refractivity contribution is -0.137. The zero-order valence-electron chi connectivity index (χ0n) is 18.5. The van der Waals surface area contributed by atoms with Crippen molar-refractivity contribution in [1.29, 1.82) is 0 Å². The van der Waals surface area contributed by atoms with Crippen molar-refractivity contribution in [2.24, 2.45) is 0 Å². The van der Waals surface area contributed by atoms with Crippen LogP contribution in [0.15, 0.2) is 90.9 Å². The Labute approximate surface area is 192 Å². The number of hydrogen-bond donors (Lipinski definition) is 1. The molecule has 0 saturated heterocycles. The number of rotatable bonds is 5. The molecule has 0 atom stereocenters. The predicted octanol–water partition coefficient (Wildman–Crippen LogP) is 5.24. The van der Waals surface area contributed by atoms with Gasteiger partial charge in [0.2, 0.25) is 0 Å². The Balaban J connectivity index is 1.63. The zero-order valence-corrected chi connectivity index (χ0v) is 18.5. The van der Waals surface area contributed by atoms with Crippen LogP contribution in [0.2, 0.25) is 0 Å². The number of carbonyl (C=O) groups is 2. The number of benzene rings is 3. The van der Waals surface area contributed by atoms with Crippen LogP contribution in [0.1, 0.15) is 22.3 Å². The SMILES string of the molecule is Cc1ccc(C2=C(Nc3cccc4ccccc34)C(=O)N(Cc3cccnc3)C2=O)c(C)c1. The van der Waals surface area contributed by atoms with Crippen LogP contribution < -0.4 is 5.32 Å². The van der Waals surface area contributed by atoms with E-state index in [1.54, 1.807) is 18.5 Å². The van der Waals surface area contributed by atoms with Crippen molar-refractivity contribution in [3.8, 4) is 0 Å². The molecule has 1 N–H and O–H groups in total. The highest BCUT2D eigenvalue weighted by Gasteiger charge is 2.39. The Morgan fingerprint density at radius 2 is 1.70 bits per heavy atom. The summed E-state index contributed by atoms with van der Waals surface area (Å²) in [5.74, 6) is -0.648. The Bertz CT molecular complexity index is 1420. The summed E-state index contributed by atoms with van der Waals surface area (Å²) in [6.07, 6.45) is 3.34. The normalized spacial score (nSPS) is 13.8. The van der Waals surface area contributed by atoms with Gasteiger partial charge in [0.15, 0.2) is 0 Å². The van der Waals surface area contributed by atoms with E-state index in [9.17, 15) is 9.59 Å². The number of fused-ring (bicyclic) bond motifs is 1. The fourth-order valence-electron chi connectivity index (χ4n) is 4.32. The third-order valence-electron chi connectivity index (χ3n) is 5.93. The van der Waals surface area contributed by atoms with Crippen molar-refractivity contribution in [1.82, 2.24) is 9.88 Å². The third-order valence-corrected chi connectivity index (χ3v) is 5.93. The summed E-state index contributed by atoms with van der Waals surface area (Å²) >= 11 is 0. The van der Waals surface area contributed by atoms with Crippen molar-refractivity contribution in [2.75, 3.05) is 5.32 Å². The lowest BCUT2D eigenvalue weighted by Gasteiger charge is -2.15. The summed E-state index contributed by atoms with van der Waals surface area (Å²) in [4.78, 5) is 32.6. The van der Waals surface area contributed by atoms with Crippen LogP contribution in [0.3, 0.4) is 0 Å². The number of imide groups is 1. The number of aromatic nitrogens is 1. The topological polar surface area (TPSA) is 62.3 Å². The monoisotopic (exact) mass is 433 g/mol. The smallest absolute Gasteiger partial charge is 0.278 e. The maximum absolute atomic E-state index is 13.6. The van der Waals surface area contributed by atoms with Gasteiger partial charge in [-0.05, 0) is 48.1 Å². The molecule has 4 aromatic rings. The molecule has 0 bridgehead atoms. The minimum absolute atomic E-state index is 0.167. The molecular formula is C28H23N3O2. The second-order valence-corrected chi connectivity index (χ2v) is 8.28. The van der Waals surface area contributed by atoms with Crippen LogP contribution in [0.25, 0.3) is 16.3 Å². The van der Waals surface area contributed by atoms with Gasteiger partial charge < -0.3 is 5.32 Å². The minimum Gasteiger partial charge on any atom is -0.350 e. The first-order valence-electron chi connectivity index (χ1n) is 10.8. The highest BCUT2D eigenvalue weighted by Crippen LogP contribution is 2.34. The van der Waals surface area contributed by atoms with Crippen molar-refractivity contribution in [3.05, 3.63) is 113 Å². The molecule has 5 rings (SSSR count). The van der Waals surface area contributed by atoms with E-state index < -0.39 is 0 Å². The molecule has 2 amide bonds. The van der Waals surface area contributed by atoms with Gasteiger partial charge in [0.1, 0.15) is 5.70 Å². The van der Waals surface area contributed by atoms with E-state index in [1.165, 1.54) is 4.90 Å². The molecule has 33 heavy (non-hydrogen) atoms. The van der Waals surface area contributed by atoms with Crippen molar-refractivity contribution in [2.45, 2.75) is 20.4 Å². The number of nitrogens with one attached hydrogen (secondary N) is 1. The molecule has 1 aromatic heterocycles. The van der Waals surface area contributed by atoms with Gasteiger partial charge in [-0.15, -0.1) is 0 Å². The quantitative estimate of drug-likeness (QED) is 0.437. The van der Waals surface area contributed by atoms with Gasteiger partial charge in [-0.25, -0.2) is 0 Å². The second-order valence-electron chi connectivity index (χ2n) is 8.28. The minimum atomic E-state index is -0.341. The molecular weight excluding hydrogens is 410 g/mol. The number of anilines is 1. The molecule has 1 aliphatic heterocycles. The van der Waals surface area contributed by atoms with Crippen LogP contribution in [0.4, 0.5) is 5.69 Å². The molecule has 0 unspecified atom stereocenters. The van der Waals surface area contributed by atoms with Crippen LogP contribution in [0, 0.1) is 13.8 Å². The molecule has 162 valence electrons. The van der Waals surface area contributed by atoms with E-state index in [-0.39, 0.29) is 18.4 Å². The molecule has 5 nitrogen and oxygen atoms in total. The first-order valence-corrected chi connectivity index (χ1v) is 10.8. The van der Waals surface area contributed by atoms with E-state index in [0.29, 0.717) is 11.3 Å². The molecule has 0 saturated carbocycles. The third kappa shape index (κ3) is 3.78. The van der Waals surface area contributed by atoms with Gasteiger partial charge >= 0.3 is 0 Å². The largest absolute Gasteiger partial charge is 0.350 e. The van der Waals surface area contributed by atoms with Gasteiger partial charge in [-0.1, -0.05) is 66.2 Å². The molecule has 0 spiro atoms. The van der Waals surface area contributed by atoms with E-state index in [2.05, 4.69) is 10.3 Å². The van der Waals surface area contributed by atoms with Crippen LogP contribution in [0.5, 0.6) is 0 Å². The number of aryl methyl sites for hydroxylation is 2. The fraction of sp³-hybridized carbons (Fsp3) is 0.107. The zero-order chi connectivity index (χ0) is 22.9. The van der Waals surface area contributed by atoms with Crippen molar-refractivity contribution >= 4 is 33.8 Å². The summed E-state index contributed by atoms with van der Waals surface area (Å²) in [6.45, 7) is 4.14. The molecule has 1 aliphatic rings. The predicted molar refractivity (Wildman–Crippen MR) is 130 cm³/mol. The van der Waals surface area contributed by atoms with Crippen molar-refractivity contribution in [3.63, 3.8) is 0 Å². The molecule has 2 heterocycles. The molecule has 0 fully saturated rings. The molecule has 0 radical (unpaired) electrons. The summed E-state index contributed by atoms with van der Waals surface area (Å²) in [6, 6.07) is 23.4. The standard InChI is InChI=1S/C28H23N3O2/c1-18-12-13-22(19(2)15-18)25-26(30-24-11-5-9-21-8-3-4-10-23(21)24)28(33)31(27(25)32)17-20-7-6-14-29-16-20/h3-16,30H,17H2,1-2H3. The van der Waals surface area contributed by atoms with Gasteiger partial charge in [0, 0.05) is 23.5 Å². The summed E-state index contributed by atoms with van der Waals surface area (Å²) in [7, 11) is 0. The van der Waals surface area contributed by atoms with Crippen LogP contribution >= 0.6 is 0 Å². The fourth-order valence-corrected chi connectivity index (χ4v) is 4.32. The Morgan fingerprint density at radius 1 is 0.879 bits per heavy atom. The highest BCUT2D eigenvalue weighted by atomic mass is 16.2. The van der Waals surface area contributed by atoms with E-state index in [4.69, 9.17) is 0 Å². The number of pyridine rings is 1. The van der Waals surface area contributed by atoms with Gasteiger partial charge in [0.25, 0.3) is 11.8 Å². The number of amides is 2. The summed E-state index contributed by atoms with van der Waals surface area (Å²) in [5, 5.41) is 5.36. The number of nitrogens with zero attached hydrogens (tertiary/aromatic N) is 2. The summed E-state index contributed by atoms with van der Waals surface area (Å²) < 4.78 is 0. The molecule has 3 aromatic carbocycles. The molecule has 5 heteroatoms. The summed E-state index contributed by atoms with van der Waals surface area (Å²) in [5.41, 5.74) is 5.09. The average molecular weight is 434 g/mol. The lowest BCUT2D eigenvalue weighted by atomic mass is 9.97. The number of hydrogen-bond acceptors (Lipinski definition) is 4. The maximum Gasteiger partial charge on any atom is 0.278 e. The molecule has 0 aliphatic carbocycles. The van der Waals surface area contributed by atoms with Crippen molar-refractivity contribution < 1.29 is 9.59 Å². The Kier molecular flexibility index (Phi) is 5.23. The first kappa shape index (κ1) is 20.6. The van der Waals surface area contributed by atoms with E-state index >= 15 is 0 Å². The van der Waals surface area contributed by atoms with Crippen LogP contribution in [-0.4, -0.2) is 21.7 Å². The van der Waals surface area contributed by atoms with E-state index in [1.807, 2.05) is 80.6 Å². The Morgan fingerprint density at radius 3 is 2.48 bits per heavy atom. The van der Waals surface area contributed by atoms with Crippen LogP contribution in [-0.2, 0) is 16.1 Å². The van der Waals surface area contributed by atoms with Gasteiger partial charge in [-0.2, -0.15) is 0 Å². The van der Waals surface area contributed by atoms with Gasteiger partial charge in [-0.3, -0.25) is 19.5 Å². The van der Waals surface area contributed by atoms with E-state index in [0.717, 1.165) is 38.7 Å². The van der Waals surface area contributed by atoms with Gasteiger partial charge in [0.05, 0.1) is 12.1 Å². The first-order chi connectivity index (χ1) is 16.0. The lowest BCUT2D eigenvalue weighted by Crippen LogP contribution is -2.32. The second kappa shape index (κ2) is 8.36. The maximum atomic E-state index is 13.6. The Hall–Kier alpha value is -4.25. The highest BCUT2D eigenvalue weighted by molar-refractivity contribution is 6.36. The average Bonchev–Trinajstić information content (AvgIpc) is 3.04.